The van der Waals surface area contributed by atoms with Gasteiger partial charge in [0.15, 0.2) is 17.4 Å². The van der Waals surface area contributed by atoms with Crippen LogP contribution in [0.15, 0.2) is 12.1 Å². The Morgan fingerprint density at radius 1 is 1.04 bits per heavy atom. The first-order valence-corrected chi connectivity index (χ1v) is 12.4. The van der Waals surface area contributed by atoms with Crippen LogP contribution in [0.25, 0.3) is 0 Å². The Morgan fingerprint density at radius 2 is 1.65 bits per heavy atom. The van der Waals surface area contributed by atoms with E-state index in [0.29, 0.717) is 5.56 Å². The molecule has 0 radical (unpaired) electrons. The summed E-state index contributed by atoms with van der Waals surface area (Å²) in [5, 5.41) is 0. The van der Waals surface area contributed by atoms with Gasteiger partial charge in [-0.1, -0.05) is 57.2 Å². The lowest BCUT2D eigenvalue weighted by Gasteiger charge is -2.28. The molecule has 26 heavy (non-hydrogen) atoms. The number of alkyl halides is 2. The van der Waals surface area contributed by atoms with E-state index in [0.717, 1.165) is 12.8 Å². The molecule has 0 N–H and O–H groups in total. The van der Waals surface area contributed by atoms with Crippen molar-refractivity contribution < 1.29 is 22.3 Å². The first-order chi connectivity index (χ1) is 12.5. The van der Waals surface area contributed by atoms with Crippen molar-refractivity contribution in [3.8, 4) is 5.75 Å². The molecule has 1 aliphatic rings. The Labute approximate surface area is 155 Å². The molecule has 0 bridgehead atoms. The molecule has 1 fully saturated rings. The average Bonchev–Trinajstić information content (AvgIpc) is 2.61. The predicted molar refractivity (Wildman–Crippen MR) is 100 cm³/mol. The number of hydrogen-bond donors (Lipinski definition) is 0. The fraction of sp³-hybridized carbons (Fsp3) is 0.700. The van der Waals surface area contributed by atoms with Crippen molar-refractivity contribution >= 4 is 8.80 Å². The molecule has 0 aliphatic carbocycles. The molecular weight excluding hydrogens is 360 g/mol. The third-order valence-corrected chi connectivity index (χ3v) is 8.93. The lowest BCUT2D eigenvalue weighted by molar-refractivity contribution is 0.0777. The predicted octanol–water partition coefficient (Wildman–Crippen LogP) is 6.68. The van der Waals surface area contributed by atoms with Gasteiger partial charge in [0.1, 0.15) is 6.61 Å². The van der Waals surface area contributed by atoms with Crippen molar-refractivity contribution in [1.29, 1.82) is 0 Å². The Bertz CT molecular complexity index is 522. The molecule has 0 unspecified atom stereocenters. The van der Waals surface area contributed by atoms with E-state index in [9.17, 15) is 17.6 Å². The zero-order valence-electron chi connectivity index (χ0n) is 15.6. The number of rotatable bonds is 10. The third kappa shape index (κ3) is 6.60. The standard InChI is InChI=1S/C20H30F4OSi/c1-2-3-4-5-6-9-26-10-7-15(8-11-26)16-12-17(21)20(18(22)13-16)25-14-19(23)24/h12-13,15,19,26H,2-11,14H2,1H3. The highest BCUT2D eigenvalue weighted by Gasteiger charge is 2.25. The van der Waals surface area contributed by atoms with Crippen LogP contribution in [0.5, 0.6) is 5.75 Å². The van der Waals surface area contributed by atoms with Gasteiger partial charge >= 0.3 is 0 Å². The minimum atomic E-state index is -2.75. The highest BCUT2D eigenvalue weighted by molar-refractivity contribution is 6.59. The van der Waals surface area contributed by atoms with Gasteiger partial charge in [-0.15, -0.1) is 0 Å². The maximum Gasteiger partial charge on any atom is 0.272 e. The Kier molecular flexibility index (Phi) is 8.95. The van der Waals surface area contributed by atoms with Gasteiger partial charge in [-0.3, -0.25) is 0 Å². The molecule has 1 aromatic rings. The molecule has 1 nitrogen and oxygen atoms in total. The molecule has 0 atom stereocenters. The van der Waals surface area contributed by atoms with Crippen LogP contribution in [0.4, 0.5) is 17.6 Å². The fourth-order valence-corrected chi connectivity index (χ4v) is 7.40. The molecule has 148 valence electrons. The highest BCUT2D eigenvalue weighted by atomic mass is 28.3. The van der Waals surface area contributed by atoms with Crippen molar-refractivity contribution in [1.82, 2.24) is 0 Å². The number of unbranched alkanes of at least 4 members (excludes halogenated alkanes) is 4. The van der Waals surface area contributed by atoms with Gasteiger partial charge in [0.05, 0.1) is 0 Å². The Morgan fingerprint density at radius 3 is 2.23 bits per heavy atom. The number of hydrogen-bond acceptors (Lipinski definition) is 1. The summed E-state index contributed by atoms with van der Waals surface area (Å²) in [6.45, 7) is 1.22. The van der Waals surface area contributed by atoms with E-state index in [2.05, 4.69) is 11.7 Å². The van der Waals surface area contributed by atoms with E-state index in [1.165, 1.54) is 62.4 Å². The minimum absolute atomic E-state index is 0.173. The molecular formula is C20H30F4OSi. The molecule has 0 spiro atoms. The molecule has 6 heteroatoms. The second-order valence-electron chi connectivity index (χ2n) is 7.44. The topological polar surface area (TPSA) is 9.23 Å². The van der Waals surface area contributed by atoms with Crippen molar-refractivity contribution in [2.75, 3.05) is 6.61 Å². The number of halogens is 4. The van der Waals surface area contributed by atoms with Gasteiger partial charge in [-0.2, -0.15) is 0 Å². The Hall–Kier alpha value is -1.04. The zero-order valence-corrected chi connectivity index (χ0v) is 16.7. The normalized spacial score (nSPS) is 20.5. The fourth-order valence-electron chi connectivity index (χ4n) is 3.92. The van der Waals surface area contributed by atoms with Gasteiger partial charge in [0, 0.05) is 8.80 Å². The smallest absolute Gasteiger partial charge is 0.272 e. The Balaban J connectivity index is 1.83. The molecule has 1 aromatic carbocycles. The molecule has 2 rings (SSSR count). The van der Waals surface area contributed by atoms with Gasteiger partial charge < -0.3 is 4.74 Å². The lowest BCUT2D eigenvalue weighted by atomic mass is 9.93. The first kappa shape index (κ1) is 21.3. The third-order valence-electron chi connectivity index (χ3n) is 5.41. The largest absolute Gasteiger partial charge is 0.482 e. The van der Waals surface area contributed by atoms with Crippen LogP contribution >= 0.6 is 0 Å². The van der Waals surface area contributed by atoms with E-state index in [-0.39, 0.29) is 5.92 Å². The molecule has 1 saturated heterocycles. The summed E-state index contributed by atoms with van der Waals surface area (Å²) in [5.41, 5.74) is 0.639. The van der Waals surface area contributed by atoms with Crippen LogP contribution in [-0.4, -0.2) is 21.8 Å². The number of ether oxygens (including phenoxy) is 1. The van der Waals surface area contributed by atoms with Gasteiger partial charge in [0.25, 0.3) is 6.43 Å². The summed E-state index contributed by atoms with van der Waals surface area (Å²) in [6, 6.07) is 6.37. The lowest BCUT2D eigenvalue weighted by Crippen LogP contribution is -2.20. The van der Waals surface area contributed by atoms with E-state index in [1.807, 2.05) is 0 Å². The SMILES string of the molecule is CCCCCCC[SiH]1CCC(c2cc(F)c(OCC(F)F)c(F)c2)CC1. The van der Waals surface area contributed by atoms with E-state index in [4.69, 9.17) is 0 Å². The molecule has 0 saturated carbocycles. The van der Waals surface area contributed by atoms with Crippen LogP contribution in [-0.2, 0) is 0 Å². The summed E-state index contributed by atoms with van der Waals surface area (Å²) in [5.74, 6) is -2.27. The van der Waals surface area contributed by atoms with E-state index in [1.54, 1.807) is 0 Å². The van der Waals surface area contributed by atoms with E-state index >= 15 is 0 Å². The summed E-state index contributed by atoms with van der Waals surface area (Å²) in [7, 11) is -0.692. The minimum Gasteiger partial charge on any atom is -0.482 e. The van der Waals surface area contributed by atoms with Crippen molar-refractivity contribution in [3.05, 3.63) is 29.3 Å². The second kappa shape index (κ2) is 10.9. The van der Waals surface area contributed by atoms with Crippen LogP contribution < -0.4 is 4.74 Å². The van der Waals surface area contributed by atoms with Gasteiger partial charge in [0.2, 0.25) is 0 Å². The quantitative estimate of drug-likeness (QED) is 0.246. The highest BCUT2D eigenvalue weighted by Crippen LogP contribution is 2.37. The molecule has 1 heterocycles. The van der Waals surface area contributed by atoms with Crippen LogP contribution in [0, 0.1) is 11.6 Å². The second-order valence-corrected chi connectivity index (χ2v) is 10.9. The molecule has 0 amide bonds. The zero-order chi connectivity index (χ0) is 18.9. The molecule has 1 aliphatic heterocycles. The monoisotopic (exact) mass is 390 g/mol. The molecule has 0 aromatic heterocycles. The first-order valence-electron chi connectivity index (χ1n) is 9.91. The van der Waals surface area contributed by atoms with Crippen LogP contribution in [0.3, 0.4) is 0 Å². The van der Waals surface area contributed by atoms with Crippen molar-refractivity contribution in [2.24, 2.45) is 0 Å². The van der Waals surface area contributed by atoms with Crippen molar-refractivity contribution in [3.63, 3.8) is 0 Å². The summed E-state index contributed by atoms with van der Waals surface area (Å²) in [4.78, 5) is 0. The summed E-state index contributed by atoms with van der Waals surface area (Å²) < 4.78 is 57.0. The average molecular weight is 391 g/mol. The van der Waals surface area contributed by atoms with Crippen molar-refractivity contribution in [2.45, 2.75) is 82.3 Å². The maximum absolute atomic E-state index is 14.1. The van der Waals surface area contributed by atoms with Crippen LogP contribution in [0.1, 0.15) is 63.4 Å². The summed E-state index contributed by atoms with van der Waals surface area (Å²) >= 11 is 0. The maximum atomic E-state index is 14.1. The van der Waals surface area contributed by atoms with E-state index < -0.39 is 39.2 Å². The summed E-state index contributed by atoms with van der Waals surface area (Å²) in [6.07, 6.45) is 5.81. The number of benzene rings is 1. The van der Waals surface area contributed by atoms with Gasteiger partial charge in [-0.25, -0.2) is 17.6 Å². The van der Waals surface area contributed by atoms with Gasteiger partial charge in [-0.05, 0) is 36.5 Å². The van der Waals surface area contributed by atoms with Crippen LogP contribution in [0.2, 0.25) is 18.1 Å².